The van der Waals surface area contributed by atoms with E-state index in [2.05, 4.69) is 181 Å². The van der Waals surface area contributed by atoms with E-state index in [4.69, 9.17) is 0 Å². The molecule has 10 aromatic rings. The Morgan fingerprint density at radius 1 is 0.367 bits per heavy atom. The van der Waals surface area contributed by atoms with Crippen molar-refractivity contribution in [1.82, 2.24) is 0 Å². The highest BCUT2D eigenvalue weighted by Crippen LogP contribution is 2.46. The molecule has 0 aliphatic rings. The van der Waals surface area contributed by atoms with Gasteiger partial charge in [0.05, 0.1) is 0 Å². The van der Waals surface area contributed by atoms with Gasteiger partial charge in [0.25, 0.3) is 0 Å². The lowest BCUT2D eigenvalue weighted by Crippen LogP contribution is -2.09. The van der Waals surface area contributed by atoms with Gasteiger partial charge in [0.1, 0.15) is 0 Å². The zero-order valence-corrected chi connectivity index (χ0v) is 28.1. The fourth-order valence-corrected chi connectivity index (χ4v) is 9.82. The average molecular weight is 660 g/mol. The third-order valence-corrected chi connectivity index (χ3v) is 12.0. The Morgan fingerprint density at radius 3 is 1.69 bits per heavy atom. The molecule has 0 amide bonds. The van der Waals surface area contributed by atoms with Gasteiger partial charge in [0, 0.05) is 57.4 Å². The largest absolute Gasteiger partial charge is 0.311 e. The first-order valence-corrected chi connectivity index (χ1v) is 18.2. The van der Waals surface area contributed by atoms with Gasteiger partial charge in [0.2, 0.25) is 0 Å². The van der Waals surface area contributed by atoms with Crippen molar-refractivity contribution in [2.24, 2.45) is 0 Å². The third kappa shape index (κ3) is 4.66. The molecule has 0 aliphatic carbocycles. The molecule has 0 saturated carbocycles. The van der Waals surface area contributed by atoms with Gasteiger partial charge in [-0.05, 0) is 87.6 Å². The first-order valence-electron chi connectivity index (χ1n) is 16.6. The zero-order chi connectivity index (χ0) is 32.3. The summed E-state index contributed by atoms with van der Waals surface area (Å²) in [5.74, 6) is 0. The molecular weight excluding hydrogens is 631 g/mol. The molecule has 0 aliphatic heterocycles. The Balaban J connectivity index is 1.09. The lowest BCUT2D eigenvalue weighted by molar-refractivity contribution is 1.28. The number of hydrogen-bond acceptors (Lipinski definition) is 3. The van der Waals surface area contributed by atoms with E-state index in [1.165, 1.54) is 73.4 Å². The lowest BCUT2D eigenvalue weighted by Gasteiger charge is -2.26. The Morgan fingerprint density at radius 2 is 0.939 bits per heavy atom. The zero-order valence-electron chi connectivity index (χ0n) is 26.5. The van der Waals surface area contributed by atoms with Crippen molar-refractivity contribution < 1.29 is 0 Å². The first kappa shape index (κ1) is 28.3. The second kappa shape index (κ2) is 11.5. The molecule has 2 aromatic heterocycles. The van der Waals surface area contributed by atoms with Crippen LogP contribution in [0.4, 0.5) is 17.1 Å². The minimum Gasteiger partial charge on any atom is -0.311 e. The van der Waals surface area contributed by atoms with Crippen molar-refractivity contribution in [1.29, 1.82) is 0 Å². The smallest absolute Gasteiger partial charge is 0.0462 e. The summed E-state index contributed by atoms with van der Waals surface area (Å²) in [5, 5.41) is 7.89. The maximum atomic E-state index is 2.36. The van der Waals surface area contributed by atoms with Gasteiger partial charge in [0.15, 0.2) is 0 Å². The highest BCUT2D eigenvalue weighted by Gasteiger charge is 2.18. The monoisotopic (exact) mass is 659 g/mol. The van der Waals surface area contributed by atoms with Crippen LogP contribution in [0, 0.1) is 0 Å². The molecule has 8 aromatic carbocycles. The molecule has 10 rings (SSSR count). The third-order valence-electron chi connectivity index (χ3n) is 9.66. The van der Waals surface area contributed by atoms with Crippen LogP contribution in [-0.2, 0) is 0 Å². The van der Waals surface area contributed by atoms with E-state index in [9.17, 15) is 0 Å². The van der Waals surface area contributed by atoms with Crippen LogP contribution >= 0.6 is 22.7 Å². The second-order valence-electron chi connectivity index (χ2n) is 12.5. The van der Waals surface area contributed by atoms with Gasteiger partial charge in [-0.15, -0.1) is 22.7 Å². The summed E-state index contributed by atoms with van der Waals surface area (Å²) in [6, 6.07) is 64.2. The predicted octanol–water partition coefficient (Wildman–Crippen LogP) is 14.4. The molecule has 1 nitrogen and oxygen atoms in total. The average Bonchev–Trinajstić information content (AvgIpc) is 3.73. The standard InChI is InChI=1S/C46H29NS2/c1-2-12-33(13-3-1)47(34-25-21-30(22-26-34)37-17-10-18-39-38-15-6-8-19-41(38)49-46(37)39)35-27-23-31(24-28-35)44-36-14-5-4-11-32(36)29-43-45(44)40-16-7-9-20-42(40)48-43/h1-29H. The van der Waals surface area contributed by atoms with Crippen LogP contribution in [0.3, 0.4) is 0 Å². The van der Waals surface area contributed by atoms with Gasteiger partial charge >= 0.3 is 0 Å². The van der Waals surface area contributed by atoms with Crippen molar-refractivity contribution in [2.75, 3.05) is 4.90 Å². The van der Waals surface area contributed by atoms with E-state index in [1.807, 2.05) is 22.7 Å². The molecule has 0 fully saturated rings. The number of rotatable bonds is 5. The molecule has 230 valence electrons. The maximum absolute atomic E-state index is 2.36. The van der Waals surface area contributed by atoms with Crippen molar-refractivity contribution in [3.8, 4) is 22.3 Å². The Kier molecular flexibility index (Phi) is 6.61. The molecule has 0 saturated heterocycles. The summed E-state index contributed by atoms with van der Waals surface area (Å²) in [4.78, 5) is 2.35. The topological polar surface area (TPSA) is 3.24 Å². The lowest BCUT2D eigenvalue weighted by atomic mass is 9.93. The van der Waals surface area contributed by atoms with Crippen LogP contribution in [0.15, 0.2) is 176 Å². The summed E-state index contributed by atoms with van der Waals surface area (Å²) in [6.07, 6.45) is 0. The van der Waals surface area contributed by atoms with Gasteiger partial charge < -0.3 is 4.90 Å². The van der Waals surface area contributed by atoms with Crippen molar-refractivity contribution in [3.05, 3.63) is 176 Å². The molecule has 3 heteroatoms. The molecule has 0 N–H and O–H groups in total. The number of hydrogen-bond donors (Lipinski definition) is 0. The van der Waals surface area contributed by atoms with E-state index in [1.54, 1.807) is 0 Å². The first-order chi connectivity index (χ1) is 24.3. The van der Waals surface area contributed by atoms with E-state index in [-0.39, 0.29) is 0 Å². The summed E-state index contributed by atoms with van der Waals surface area (Å²) < 4.78 is 5.33. The van der Waals surface area contributed by atoms with E-state index in [0.717, 1.165) is 17.1 Å². The van der Waals surface area contributed by atoms with Gasteiger partial charge in [-0.1, -0.05) is 121 Å². The van der Waals surface area contributed by atoms with Crippen LogP contribution in [-0.4, -0.2) is 0 Å². The van der Waals surface area contributed by atoms with Crippen molar-refractivity contribution >= 4 is 90.9 Å². The number of para-hydroxylation sites is 1. The van der Waals surface area contributed by atoms with Crippen molar-refractivity contribution in [2.45, 2.75) is 0 Å². The van der Waals surface area contributed by atoms with E-state index in [0.29, 0.717) is 0 Å². The molecular formula is C46H29NS2. The number of fused-ring (bicyclic) bond motifs is 7. The van der Waals surface area contributed by atoms with Crippen LogP contribution in [0.5, 0.6) is 0 Å². The number of thiophene rings is 2. The molecule has 2 heterocycles. The summed E-state index contributed by atoms with van der Waals surface area (Å²) >= 11 is 3.76. The van der Waals surface area contributed by atoms with Gasteiger partial charge in [-0.3, -0.25) is 0 Å². The highest BCUT2D eigenvalue weighted by atomic mass is 32.1. The quantitative estimate of drug-likeness (QED) is 0.178. The molecule has 0 unspecified atom stereocenters. The fraction of sp³-hybridized carbons (Fsp3) is 0. The summed E-state index contributed by atoms with van der Waals surface area (Å²) in [5.41, 5.74) is 8.43. The van der Waals surface area contributed by atoms with E-state index >= 15 is 0 Å². The Hall–Kier alpha value is -5.74. The molecule has 49 heavy (non-hydrogen) atoms. The van der Waals surface area contributed by atoms with Crippen molar-refractivity contribution in [3.63, 3.8) is 0 Å². The Labute approximate surface area is 292 Å². The Bertz CT molecular complexity index is 2810. The minimum absolute atomic E-state index is 1.13. The number of anilines is 3. The van der Waals surface area contributed by atoms with E-state index < -0.39 is 0 Å². The molecule has 0 atom stereocenters. The SMILES string of the molecule is c1ccc(N(c2ccc(-c3cccc4c3sc3ccccc34)cc2)c2ccc(-c3c4ccccc4cc4sc5ccccc5c34)cc2)cc1. The number of benzene rings is 8. The number of nitrogens with zero attached hydrogens (tertiary/aromatic N) is 1. The molecule has 0 spiro atoms. The normalized spacial score (nSPS) is 11.7. The van der Waals surface area contributed by atoms with Crippen LogP contribution in [0.2, 0.25) is 0 Å². The second-order valence-corrected chi connectivity index (χ2v) is 14.6. The summed E-state index contributed by atoms with van der Waals surface area (Å²) in [6.45, 7) is 0. The van der Waals surface area contributed by atoms with Gasteiger partial charge in [-0.2, -0.15) is 0 Å². The van der Waals surface area contributed by atoms with Crippen LogP contribution < -0.4 is 4.90 Å². The fourth-order valence-electron chi connectivity index (χ4n) is 7.42. The van der Waals surface area contributed by atoms with Gasteiger partial charge in [-0.25, -0.2) is 0 Å². The predicted molar refractivity (Wildman–Crippen MR) is 215 cm³/mol. The highest BCUT2D eigenvalue weighted by molar-refractivity contribution is 7.26. The maximum Gasteiger partial charge on any atom is 0.0462 e. The molecule has 0 bridgehead atoms. The minimum atomic E-state index is 1.13. The van der Waals surface area contributed by atoms with Crippen LogP contribution in [0.1, 0.15) is 0 Å². The van der Waals surface area contributed by atoms with Crippen LogP contribution in [0.25, 0.3) is 73.4 Å². The molecule has 0 radical (unpaired) electrons. The summed E-state index contributed by atoms with van der Waals surface area (Å²) in [7, 11) is 0.